The Bertz CT molecular complexity index is 1250. The zero-order valence-corrected chi connectivity index (χ0v) is 22.7. The van der Waals surface area contributed by atoms with E-state index in [0.29, 0.717) is 99.6 Å². The summed E-state index contributed by atoms with van der Waals surface area (Å²) < 4.78 is 21.7. The van der Waals surface area contributed by atoms with Crippen molar-refractivity contribution < 1.29 is 28.8 Å². The molecule has 41 heavy (non-hydrogen) atoms. The van der Waals surface area contributed by atoms with E-state index in [1.54, 1.807) is 24.3 Å². The van der Waals surface area contributed by atoms with E-state index in [0.717, 1.165) is 5.56 Å². The van der Waals surface area contributed by atoms with Gasteiger partial charge in [0.2, 0.25) is 24.6 Å². The van der Waals surface area contributed by atoms with Crippen molar-refractivity contribution in [3.63, 3.8) is 0 Å². The van der Waals surface area contributed by atoms with E-state index in [1.165, 1.54) is 0 Å². The second-order valence-electron chi connectivity index (χ2n) is 8.79. The monoisotopic (exact) mass is 568 g/mol. The van der Waals surface area contributed by atoms with E-state index in [-0.39, 0.29) is 19.3 Å². The molecule has 14 nitrogen and oxygen atoms in total. The normalized spacial score (nSPS) is 11.8. The minimum atomic E-state index is -0.205. The summed E-state index contributed by atoms with van der Waals surface area (Å²) in [6.07, 6.45) is 0.545. The molecule has 4 rings (SSSR count). The summed E-state index contributed by atoms with van der Waals surface area (Å²) in [5.41, 5.74) is 7.46. The van der Waals surface area contributed by atoms with Crippen LogP contribution in [0.3, 0.4) is 0 Å². The number of aliphatic hydroxyl groups is 1. The summed E-state index contributed by atoms with van der Waals surface area (Å²) in [5.74, 6) is 2.18. The third kappa shape index (κ3) is 9.42. The van der Waals surface area contributed by atoms with Gasteiger partial charge in [0.25, 0.3) is 5.91 Å². The zero-order chi connectivity index (χ0) is 28.7. The Hall–Kier alpha value is -4.24. The van der Waals surface area contributed by atoms with Crippen molar-refractivity contribution in [3.05, 3.63) is 53.6 Å². The zero-order valence-electron chi connectivity index (χ0n) is 22.7. The number of hydrogen-bond donors (Lipinski definition) is 6. The quantitative estimate of drug-likeness (QED) is 0.121. The first-order valence-corrected chi connectivity index (χ1v) is 13.4. The van der Waals surface area contributed by atoms with Gasteiger partial charge in [-0.15, -0.1) is 0 Å². The molecule has 0 bridgehead atoms. The summed E-state index contributed by atoms with van der Waals surface area (Å²) in [6, 6.07) is 12.6. The van der Waals surface area contributed by atoms with Crippen molar-refractivity contribution >= 4 is 29.4 Å². The predicted octanol–water partition coefficient (Wildman–Crippen LogP) is 1.47. The summed E-state index contributed by atoms with van der Waals surface area (Å²) in [5, 5.41) is 21.4. The fourth-order valence-corrected chi connectivity index (χ4v) is 3.75. The number of nitrogens with one attached hydrogen (secondary N) is 4. The minimum Gasteiger partial charge on any atom is -0.454 e. The first kappa shape index (κ1) is 29.7. The van der Waals surface area contributed by atoms with Crippen LogP contribution in [-0.4, -0.2) is 85.4 Å². The van der Waals surface area contributed by atoms with Gasteiger partial charge in [-0.1, -0.05) is 12.1 Å². The molecule has 0 aliphatic carbocycles. The molecule has 7 N–H and O–H groups in total. The Labute approximate surface area is 238 Å². The highest BCUT2D eigenvalue weighted by Crippen LogP contribution is 2.35. The maximum absolute atomic E-state index is 12.5. The Morgan fingerprint density at radius 1 is 0.902 bits per heavy atom. The molecule has 0 atom stereocenters. The van der Waals surface area contributed by atoms with Crippen LogP contribution in [-0.2, 0) is 16.0 Å². The number of aromatic nitrogens is 3. The van der Waals surface area contributed by atoms with E-state index in [2.05, 4.69) is 36.2 Å². The average molecular weight is 569 g/mol. The van der Waals surface area contributed by atoms with Gasteiger partial charge in [-0.3, -0.25) is 4.79 Å². The van der Waals surface area contributed by atoms with Gasteiger partial charge in [-0.25, -0.2) is 0 Å². The van der Waals surface area contributed by atoms with Crippen molar-refractivity contribution in [1.82, 2.24) is 20.3 Å². The molecular formula is C27H36N8O6. The van der Waals surface area contributed by atoms with Crippen molar-refractivity contribution in [2.45, 2.75) is 13.0 Å². The van der Waals surface area contributed by atoms with Crippen molar-refractivity contribution in [2.24, 2.45) is 5.73 Å². The predicted molar refractivity (Wildman–Crippen MR) is 153 cm³/mol. The Balaban J connectivity index is 1.33. The smallest absolute Gasteiger partial charge is 0.251 e. The highest BCUT2D eigenvalue weighted by molar-refractivity contribution is 5.94. The third-order valence-corrected chi connectivity index (χ3v) is 5.74. The second-order valence-corrected chi connectivity index (χ2v) is 8.79. The molecule has 1 amide bonds. The standard InChI is InChI=1S/C27H36N8O6/c28-9-13-38-15-16-39-14-11-29-24(37)19-5-7-21(8-6-19)32-27-34-25(30-10-2-12-36)33-26(35-27)31-17-20-3-1-4-22-23(20)41-18-40-22/h1,3-8,36H,2,9-18,28H2,(H,29,37)(H3,30,31,32,33,34,35). The first-order chi connectivity index (χ1) is 20.2. The van der Waals surface area contributed by atoms with Crippen LogP contribution >= 0.6 is 0 Å². The van der Waals surface area contributed by atoms with Gasteiger partial charge in [-0.2, -0.15) is 15.0 Å². The lowest BCUT2D eigenvalue weighted by molar-refractivity contribution is 0.0511. The van der Waals surface area contributed by atoms with Crippen LogP contribution in [0.4, 0.5) is 23.5 Å². The molecule has 0 saturated heterocycles. The van der Waals surface area contributed by atoms with E-state index < -0.39 is 0 Å². The van der Waals surface area contributed by atoms with Crippen molar-refractivity contribution in [3.8, 4) is 11.5 Å². The summed E-state index contributed by atoms with van der Waals surface area (Å²) in [7, 11) is 0. The molecule has 2 heterocycles. The number of anilines is 4. The molecule has 0 radical (unpaired) electrons. The molecule has 3 aromatic rings. The highest BCUT2D eigenvalue weighted by atomic mass is 16.7. The van der Waals surface area contributed by atoms with Crippen LogP contribution < -0.4 is 36.5 Å². The lowest BCUT2D eigenvalue weighted by Crippen LogP contribution is -2.27. The maximum atomic E-state index is 12.5. The lowest BCUT2D eigenvalue weighted by atomic mass is 10.2. The van der Waals surface area contributed by atoms with Crippen LogP contribution in [0.5, 0.6) is 11.5 Å². The fraction of sp³-hybridized carbons (Fsp3) is 0.407. The summed E-state index contributed by atoms with van der Waals surface area (Å²) >= 11 is 0. The molecular weight excluding hydrogens is 532 g/mol. The Kier molecular flexibility index (Phi) is 11.7. The van der Waals surface area contributed by atoms with Gasteiger partial charge in [0.15, 0.2) is 11.5 Å². The molecule has 1 aromatic heterocycles. The number of aliphatic hydroxyl groups excluding tert-OH is 1. The fourth-order valence-electron chi connectivity index (χ4n) is 3.75. The molecule has 14 heteroatoms. The number of hydrogen-bond acceptors (Lipinski definition) is 13. The molecule has 1 aliphatic rings. The SMILES string of the molecule is NCCOCCOCCNC(=O)c1ccc(Nc2nc(NCCCO)nc(NCc3cccc4c3OCO4)n2)cc1. The molecule has 0 unspecified atom stereocenters. The van der Waals surface area contributed by atoms with Gasteiger partial charge >= 0.3 is 0 Å². The number of carbonyl (C=O) groups is 1. The van der Waals surface area contributed by atoms with Crippen molar-refractivity contribution in [1.29, 1.82) is 0 Å². The summed E-state index contributed by atoms with van der Waals surface area (Å²) in [4.78, 5) is 25.8. The van der Waals surface area contributed by atoms with Crippen LogP contribution in [0.25, 0.3) is 0 Å². The van der Waals surface area contributed by atoms with Crippen LogP contribution in [0, 0.1) is 0 Å². The van der Waals surface area contributed by atoms with E-state index in [1.807, 2.05) is 18.2 Å². The maximum Gasteiger partial charge on any atom is 0.251 e. The highest BCUT2D eigenvalue weighted by Gasteiger charge is 2.17. The Morgan fingerprint density at radius 3 is 2.44 bits per heavy atom. The van der Waals surface area contributed by atoms with Gasteiger partial charge < -0.3 is 51.1 Å². The lowest BCUT2D eigenvalue weighted by Gasteiger charge is -2.12. The largest absolute Gasteiger partial charge is 0.454 e. The number of benzene rings is 2. The number of fused-ring (bicyclic) bond motifs is 1. The summed E-state index contributed by atoms with van der Waals surface area (Å²) in [6.45, 7) is 3.79. The molecule has 2 aromatic carbocycles. The molecule has 1 aliphatic heterocycles. The molecule has 0 spiro atoms. The number of ether oxygens (including phenoxy) is 4. The van der Waals surface area contributed by atoms with Crippen LogP contribution in [0.15, 0.2) is 42.5 Å². The Morgan fingerprint density at radius 2 is 1.66 bits per heavy atom. The number of nitrogens with two attached hydrogens (primary N) is 1. The first-order valence-electron chi connectivity index (χ1n) is 13.4. The average Bonchev–Trinajstić information content (AvgIpc) is 3.48. The molecule has 0 saturated carbocycles. The van der Waals surface area contributed by atoms with Gasteiger partial charge in [0, 0.05) is 49.6 Å². The van der Waals surface area contributed by atoms with Gasteiger partial charge in [0.1, 0.15) is 0 Å². The molecule has 0 fully saturated rings. The molecule has 220 valence electrons. The second kappa shape index (κ2) is 16.1. The number of carbonyl (C=O) groups excluding carboxylic acids is 1. The van der Waals surface area contributed by atoms with E-state index >= 15 is 0 Å². The number of rotatable bonds is 18. The van der Waals surface area contributed by atoms with E-state index in [9.17, 15) is 4.79 Å². The third-order valence-electron chi connectivity index (χ3n) is 5.74. The van der Waals surface area contributed by atoms with Gasteiger partial charge in [0.05, 0.1) is 26.4 Å². The number of para-hydroxylation sites is 1. The topological polar surface area (TPSA) is 187 Å². The number of nitrogens with zero attached hydrogens (tertiary/aromatic N) is 3. The number of amides is 1. The minimum absolute atomic E-state index is 0.0482. The van der Waals surface area contributed by atoms with Crippen molar-refractivity contribution in [2.75, 3.05) is 75.4 Å². The van der Waals surface area contributed by atoms with E-state index in [4.69, 9.17) is 29.8 Å². The van der Waals surface area contributed by atoms with Gasteiger partial charge in [-0.05, 0) is 36.8 Å². The van der Waals surface area contributed by atoms with Crippen LogP contribution in [0.1, 0.15) is 22.3 Å². The van der Waals surface area contributed by atoms with Crippen LogP contribution in [0.2, 0.25) is 0 Å².